The van der Waals surface area contributed by atoms with Crippen LogP contribution in [0.5, 0.6) is 0 Å². The standard InChI is InChI=1S/C19H18ClN5OS/c1-3-9-25-18(14-5-4-8-21-11-14)23-24-19(25)27-12-17(26)22-16-10-15(20)7-6-13(16)2/h3-8,10-11H,1,9,12H2,2H3,(H,22,26). The summed E-state index contributed by atoms with van der Waals surface area (Å²) in [5.41, 5.74) is 2.51. The lowest BCUT2D eigenvalue weighted by atomic mass is 10.2. The van der Waals surface area contributed by atoms with Crippen molar-refractivity contribution in [2.45, 2.75) is 18.6 Å². The topological polar surface area (TPSA) is 72.7 Å². The van der Waals surface area contributed by atoms with E-state index in [1.165, 1.54) is 11.8 Å². The van der Waals surface area contributed by atoms with Gasteiger partial charge in [-0.15, -0.1) is 16.8 Å². The molecule has 3 aromatic rings. The van der Waals surface area contributed by atoms with E-state index in [0.717, 1.165) is 11.1 Å². The van der Waals surface area contributed by atoms with Gasteiger partial charge in [0.1, 0.15) is 0 Å². The molecule has 0 fully saturated rings. The van der Waals surface area contributed by atoms with E-state index in [9.17, 15) is 4.79 Å². The highest BCUT2D eigenvalue weighted by Gasteiger charge is 2.15. The van der Waals surface area contributed by atoms with Crippen molar-refractivity contribution in [2.75, 3.05) is 11.1 Å². The minimum atomic E-state index is -0.138. The molecule has 1 aromatic carbocycles. The van der Waals surface area contributed by atoms with Gasteiger partial charge in [-0.1, -0.05) is 35.5 Å². The van der Waals surface area contributed by atoms with Gasteiger partial charge in [0.05, 0.1) is 5.75 Å². The number of amides is 1. The molecule has 27 heavy (non-hydrogen) atoms. The number of hydrogen-bond donors (Lipinski definition) is 1. The predicted octanol–water partition coefficient (Wildman–Crippen LogP) is 4.22. The number of aromatic nitrogens is 4. The maximum Gasteiger partial charge on any atom is 0.234 e. The van der Waals surface area contributed by atoms with E-state index < -0.39 is 0 Å². The lowest BCUT2D eigenvalue weighted by Crippen LogP contribution is -2.15. The normalized spacial score (nSPS) is 10.6. The Labute approximate surface area is 166 Å². The number of halogens is 1. The van der Waals surface area contributed by atoms with E-state index in [1.54, 1.807) is 30.6 Å². The largest absolute Gasteiger partial charge is 0.325 e. The molecule has 0 unspecified atom stereocenters. The molecule has 0 saturated heterocycles. The van der Waals surface area contributed by atoms with E-state index in [4.69, 9.17) is 11.6 Å². The first-order valence-corrected chi connectivity index (χ1v) is 9.58. The van der Waals surface area contributed by atoms with Crippen LogP contribution in [-0.4, -0.2) is 31.4 Å². The van der Waals surface area contributed by atoms with Gasteiger partial charge in [-0.3, -0.25) is 14.3 Å². The Bertz CT molecular complexity index is 958. The quantitative estimate of drug-likeness (QED) is 0.475. The third-order valence-corrected chi connectivity index (χ3v) is 4.96. The van der Waals surface area contributed by atoms with Gasteiger partial charge in [0.15, 0.2) is 11.0 Å². The number of nitrogens with zero attached hydrogens (tertiary/aromatic N) is 4. The van der Waals surface area contributed by atoms with Crippen LogP contribution >= 0.6 is 23.4 Å². The lowest BCUT2D eigenvalue weighted by Gasteiger charge is -2.09. The second kappa shape index (κ2) is 8.83. The van der Waals surface area contributed by atoms with Crippen molar-refractivity contribution in [1.82, 2.24) is 19.7 Å². The number of aryl methyl sites for hydroxylation is 1. The molecule has 0 spiro atoms. The zero-order valence-corrected chi connectivity index (χ0v) is 16.3. The van der Waals surface area contributed by atoms with Gasteiger partial charge in [0.2, 0.25) is 5.91 Å². The van der Waals surface area contributed by atoms with Crippen LogP contribution in [0.15, 0.2) is 60.5 Å². The Morgan fingerprint density at radius 3 is 2.96 bits per heavy atom. The summed E-state index contributed by atoms with van der Waals surface area (Å²) in [6, 6.07) is 9.15. The Morgan fingerprint density at radius 1 is 1.37 bits per heavy atom. The van der Waals surface area contributed by atoms with E-state index in [0.29, 0.717) is 28.2 Å². The zero-order chi connectivity index (χ0) is 19.2. The van der Waals surface area contributed by atoms with Gasteiger partial charge in [-0.05, 0) is 36.8 Å². The number of pyridine rings is 1. The summed E-state index contributed by atoms with van der Waals surface area (Å²) in [5.74, 6) is 0.756. The first-order valence-electron chi connectivity index (χ1n) is 8.22. The van der Waals surface area contributed by atoms with Gasteiger partial charge in [-0.2, -0.15) is 0 Å². The molecular formula is C19H18ClN5OS. The monoisotopic (exact) mass is 399 g/mol. The van der Waals surface area contributed by atoms with E-state index >= 15 is 0 Å². The van der Waals surface area contributed by atoms with Gasteiger partial charge in [0.25, 0.3) is 0 Å². The minimum absolute atomic E-state index is 0.138. The number of thioether (sulfide) groups is 1. The molecular weight excluding hydrogens is 382 g/mol. The van der Waals surface area contributed by atoms with Gasteiger partial charge < -0.3 is 5.32 Å². The maximum atomic E-state index is 12.3. The van der Waals surface area contributed by atoms with Crippen LogP contribution in [-0.2, 0) is 11.3 Å². The molecule has 0 saturated carbocycles. The molecule has 8 heteroatoms. The van der Waals surface area contributed by atoms with Crippen LogP contribution in [0.25, 0.3) is 11.4 Å². The van der Waals surface area contributed by atoms with Crippen molar-refractivity contribution in [3.8, 4) is 11.4 Å². The molecule has 0 atom stereocenters. The van der Waals surface area contributed by atoms with Crippen molar-refractivity contribution < 1.29 is 4.79 Å². The fourth-order valence-corrected chi connectivity index (χ4v) is 3.36. The smallest absolute Gasteiger partial charge is 0.234 e. The predicted molar refractivity (Wildman–Crippen MR) is 109 cm³/mol. The van der Waals surface area contributed by atoms with Crippen LogP contribution < -0.4 is 5.32 Å². The maximum absolute atomic E-state index is 12.3. The molecule has 138 valence electrons. The number of carbonyl (C=O) groups excluding carboxylic acids is 1. The number of rotatable bonds is 7. The molecule has 3 rings (SSSR count). The molecule has 0 aliphatic carbocycles. The molecule has 0 radical (unpaired) electrons. The Balaban J connectivity index is 1.72. The molecule has 1 amide bonds. The summed E-state index contributed by atoms with van der Waals surface area (Å²) in [5, 5.41) is 12.6. The SMILES string of the molecule is C=CCn1c(SCC(=O)Nc2cc(Cl)ccc2C)nnc1-c1cccnc1. The molecule has 0 aliphatic rings. The highest BCUT2D eigenvalue weighted by atomic mass is 35.5. The van der Waals surface area contributed by atoms with Gasteiger partial charge in [-0.25, -0.2) is 0 Å². The van der Waals surface area contributed by atoms with E-state index in [2.05, 4.69) is 27.1 Å². The molecule has 2 heterocycles. The van der Waals surface area contributed by atoms with E-state index in [1.807, 2.05) is 29.7 Å². The fraction of sp³-hybridized carbons (Fsp3) is 0.158. The Kier molecular flexibility index (Phi) is 6.26. The van der Waals surface area contributed by atoms with E-state index in [-0.39, 0.29) is 11.7 Å². The number of nitrogens with one attached hydrogen (secondary N) is 1. The van der Waals surface area contributed by atoms with Crippen LogP contribution in [0.2, 0.25) is 5.02 Å². The number of hydrogen-bond acceptors (Lipinski definition) is 5. The number of allylic oxidation sites excluding steroid dienone is 1. The van der Waals surface area contributed by atoms with Crippen LogP contribution in [0.3, 0.4) is 0 Å². The van der Waals surface area contributed by atoms with Gasteiger partial charge >= 0.3 is 0 Å². The van der Waals surface area contributed by atoms with Crippen molar-refractivity contribution in [2.24, 2.45) is 0 Å². The average molecular weight is 400 g/mol. The lowest BCUT2D eigenvalue weighted by molar-refractivity contribution is -0.113. The number of carbonyl (C=O) groups is 1. The second-order valence-corrected chi connectivity index (χ2v) is 7.12. The molecule has 6 nitrogen and oxygen atoms in total. The van der Waals surface area contributed by atoms with Gasteiger partial charge in [0, 0.05) is 35.2 Å². The van der Waals surface area contributed by atoms with Crippen molar-refractivity contribution in [1.29, 1.82) is 0 Å². The minimum Gasteiger partial charge on any atom is -0.325 e. The third-order valence-electron chi connectivity index (χ3n) is 3.75. The van der Waals surface area contributed by atoms with Crippen LogP contribution in [0.1, 0.15) is 5.56 Å². The molecule has 0 bridgehead atoms. The van der Waals surface area contributed by atoms with Crippen LogP contribution in [0, 0.1) is 6.92 Å². The summed E-state index contributed by atoms with van der Waals surface area (Å²) in [4.78, 5) is 16.5. The highest BCUT2D eigenvalue weighted by molar-refractivity contribution is 7.99. The molecule has 1 N–H and O–H groups in total. The van der Waals surface area contributed by atoms with Crippen molar-refractivity contribution in [3.05, 3.63) is 66.0 Å². The summed E-state index contributed by atoms with van der Waals surface area (Å²) < 4.78 is 1.91. The first kappa shape index (κ1) is 19.1. The summed E-state index contributed by atoms with van der Waals surface area (Å²) in [6.07, 6.45) is 5.20. The highest BCUT2D eigenvalue weighted by Crippen LogP contribution is 2.24. The number of anilines is 1. The molecule has 0 aliphatic heterocycles. The number of benzene rings is 1. The first-order chi connectivity index (χ1) is 13.1. The van der Waals surface area contributed by atoms with Crippen molar-refractivity contribution in [3.63, 3.8) is 0 Å². The Hall–Kier alpha value is -2.64. The van der Waals surface area contributed by atoms with Crippen LogP contribution in [0.4, 0.5) is 5.69 Å². The summed E-state index contributed by atoms with van der Waals surface area (Å²) in [6.45, 7) is 6.24. The third kappa shape index (κ3) is 4.75. The summed E-state index contributed by atoms with van der Waals surface area (Å²) in [7, 11) is 0. The second-order valence-electron chi connectivity index (χ2n) is 5.74. The zero-order valence-electron chi connectivity index (χ0n) is 14.7. The Morgan fingerprint density at radius 2 is 2.22 bits per heavy atom. The van der Waals surface area contributed by atoms with Crippen molar-refractivity contribution >= 4 is 35.0 Å². The fourth-order valence-electron chi connectivity index (χ4n) is 2.44. The summed E-state index contributed by atoms with van der Waals surface area (Å²) >= 11 is 7.31. The average Bonchev–Trinajstić information content (AvgIpc) is 3.07. The molecule has 2 aromatic heterocycles.